The van der Waals surface area contributed by atoms with E-state index < -0.39 is 0 Å². The molecule has 1 aliphatic rings. The predicted molar refractivity (Wildman–Crippen MR) is 74.1 cm³/mol. The van der Waals surface area contributed by atoms with Gasteiger partial charge in [0, 0.05) is 30.5 Å². The molecule has 0 aromatic carbocycles. The number of aryl methyl sites for hydroxylation is 1. The first-order chi connectivity index (χ1) is 8.17. The highest BCUT2D eigenvalue weighted by atomic mass is 15.2. The average molecular weight is 231 g/mol. The zero-order chi connectivity index (χ0) is 12.4. The van der Waals surface area contributed by atoms with Crippen molar-refractivity contribution in [2.24, 2.45) is 5.73 Å². The number of nitrogens with two attached hydrogens (primary N) is 1. The van der Waals surface area contributed by atoms with Crippen LogP contribution in [0, 0.1) is 0 Å². The lowest BCUT2D eigenvalue weighted by Gasteiger charge is -2.18. The summed E-state index contributed by atoms with van der Waals surface area (Å²) < 4.78 is 0. The van der Waals surface area contributed by atoms with Crippen molar-refractivity contribution in [2.45, 2.75) is 32.2 Å². The Kier molecular flexibility index (Phi) is 3.38. The van der Waals surface area contributed by atoms with E-state index in [9.17, 15) is 0 Å². The minimum absolute atomic E-state index is 0.289. The second-order valence-electron chi connectivity index (χ2n) is 4.64. The van der Waals surface area contributed by atoms with E-state index in [1.54, 1.807) is 0 Å². The monoisotopic (exact) mass is 231 g/mol. The molecule has 1 atom stereocenters. The molecule has 0 bridgehead atoms. The Morgan fingerprint density at radius 1 is 1.53 bits per heavy atom. The Morgan fingerprint density at radius 2 is 2.29 bits per heavy atom. The Balaban J connectivity index is 2.44. The summed E-state index contributed by atoms with van der Waals surface area (Å²) in [6, 6.07) is 0.289. The quantitative estimate of drug-likeness (QED) is 0.839. The highest BCUT2D eigenvalue weighted by Crippen LogP contribution is 2.32. The maximum atomic E-state index is 6.04. The van der Waals surface area contributed by atoms with Crippen molar-refractivity contribution in [3.05, 3.63) is 35.7 Å². The van der Waals surface area contributed by atoms with E-state index in [1.165, 1.54) is 16.8 Å². The number of H-pyrrole nitrogens is 1. The van der Waals surface area contributed by atoms with E-state index in [0.717, 1.165) is 25.1 Å². The summed E-state index contributed by atoms with van der Waals surface area (Å²) in [7, 11) is 2.05. The molecule has 0 aliphatic heterocycles. The standard InChI is InChI=1S/C14H21N3/c1-4-8-17(3)14-11(5-2)12-9-10(15)6-7-13(12)16-14/h4-5,8,10,16H,2,6-7,9,15H2,1,3H3/b8-4-. The van der Waals surface area contributed by atoms with Crippen LogP contribution in [-0.2, 0) is 12.8 Å². The van der Waals surface area contributed by atoms with Gasteiger partial charge in [-0.3, -0.25) is 0 Å². The van der Waals surface area contributed by atoms with Crippen LogP contribution in [-0.4, -0.2) is 18.1 Å². The summed E-state index contributed by atoms with van der Waals surface area (Å²) in [6.07, 6.45) is 9.07. The zero-order valence-electron chi connectivity index (χ0n) is 10.7. The number of nitrogens with one attached hydrogen (secondary N) is 1. The summed E-state index contributed by atoms with van der Waals surface area (Å²) in [5.41, 5.74) is 9.92. The summed E-state index contributed by atoms with van der Waals surface area (Å²) in [6.45, 7) is 5.94. The van der Waals surface area contributed by atoms with E-state index in [0.29, 0.717) is 0 Å². The minimum atomic E-state index is 0.289. The van der Waals surface area contributed by atoms with Crippen molar-refractivity contribution < 1.29 is 0 Å². The van der Waals surface area contributed by atoms with Crippen molar-refractivity contribution in [3.8, 4) is 0 Å². The molecule has 3 N–H and O–H groups in total. The van der Waals surface area contributed by atoms with Crippen LogP contribution in [0.1, 0.15) is 30.2 Å². The molecule has 3 heteroatoms. The third-order valence-electron chi connectivity index (χ3n) is 3.37. The summed E-state index contributed by atoms with van der Waals surface area (Å²) in [5.74, 6) is 1.12. The largest absolute Gasteiger partial charge is 0.344 e. The molecule has 1 aliphatic carbocycles. The molecule has 0 spiro atoms. The van der Waals surface area contributed by atoms with Gasteiger partial charge in [0.05, 0.1) is 0 Å². The van der Waals surface area contributed by atoms with E-state index >= 15 is 0 Å². The van der Waals surface area contributed by atoms with Gasteiger partial charge in [-0.15, -0.1) is 0 Å². The summed E-state index contributed by atoms with van der Waals surface area (Å²) in [5, 5.41) is 0. The molecule has 0 saturated carbocycles. The fourth-order valence-electron chi connectivity index (χ4n) is 2.53. The molecular formula is C14H21N3. The molecule has 0 radical (unpaired) electrons. The topological polar surface area (TPSA) is 45.0 Å². The lowest BCUT2D eigenvalue weighted by atomic mass is 9.91. The Labute approximate surface area is 103 Å². The number of anilines is 1. The third kappa shape index (κ3) is 2.15. The summed E-state index contributed by atoms with van der Waals surface area (Å²) in [4.78, 5) is 5.60. The maximum absolute atomic E-state index is 6.04. The fourth-order valence-corrected chi connectivity index (χ4v) is 2.53. The van der Waals surface area contributed by atoms with E-state index in [-0.39, 0.29) is 6.04 Å². The summed E-state index contributed by atoms with van der Waals surface area (Å²) >= 11 is 0. The van der Waals surface area contributed by atoms with Gasteiger partial charge in [0.1, 0.15) is 5.82 Å². The van der Waals surface area contributed by atoms with Crippen molar-refractivity contribution >= 4 is 11.9 Å². The van der Waals surface area contributed by atoms with Crippen molar-refractivity contribution in [1.29, 1.82) is 0 Å². The van der Waals surface area contributed by atoms with E-state index in [4.69, 9.17) is 5.73 Å². The molecule has 92 valence electrons. The van der Waals surface area contributed by atoms with Crippen molar-refractivity contribution in [1.82, 2.24) is 4.98 Å². The lowest BCUT2D eigenvalue weighted by molar-refractivity contribution is 0.571. The van der Waals surface area contributed by atoms with Gasteiger partial charge in [-0.1, -0.05) is 18.7 Å². The number of hydrogen-bond donors (Lipinski definition) is 2. The number of aromatic amines is 1. The first-order valence-corrected chi connectivity index (χ1v) is 6.14. The molecule has 0 saturated heterocycles. The Hall–Kier alpha value is -1.48. The third-order valence-corrected chi connectivity index (χ3v) is 3.37. The van der Waals surface area contributed by atoms with Crippen LogP contribution < -0.4 is 10.6 Å². The maximum Gasteiger partial charge on any atom is 0.117 e. The van der Waals surface area contributed by atoms with Gasteiger partial charge in [0.25, 0.3) is 0 Å². The highest BCUT2D eigenvalue weighted by molar-refractivity contribution is 5.70. The Morgan fingerprint density at radius 3 is 2.94 bits per heavy atom. The van der Waals surface area contributed by atoms with Gasteiger partial charge < -0.3 is 15.6 Å². The molecule has 1 aromatic rings. The molecule has 2 rings (SSSR count). The number of rotatable bonds is 3. The van der Waals surface area contributed by atoms with Gasteiger partial charge in [-0.25, -0.2) is 0 Å². The molecular weight excluding hydrogens is 210 g/mol. The smallest absolute Gasteiger partial charge is 0.117 e. The van der Waals surface area contributed by atoms with Crippen LogP contribution in [0.25, 0.3) is 6.08 Å². The number of nitrogens with zero attached hydrogens (tertiary/aromatic N) is 1. The first kappa shape index (κ1) is 12.0. The first-order valence-electron chi connectivity index (χ1n) is 6.14. The van der Waals surface area contributed by atoms with Crippen LogP contribution >= 0.6 is 0 Å². The van der Waals surface area contributed by atoms with E-state index in [1.807, 2.05) is 32.3 Å². The number of fused-ring (bicyclic) bond motifs is 1. The van der Waals surface area contributed by atoms with Crippen molar-refractivity contribution in [2.75, 3.05) is 11.9 Å². The normalized spacial score (nSPS) is 19.4. The molecule has 3 nitrogen and oxygen atoms in total. The van der Waals surface area contributed by atoms with Crippen LogP contribution in [0.15, 0.2) is 18.9 Å². The van der Waals surface area contributed by atoms with Gasteiger partial charge in [0.2, 0.25) is 0 Å². The number of aromatic nitrogens is 1. The van der Waals surface area contributed by atoms with E-state index in [2.05, 4.69) is 16.5 Å². The molecule has 0 amide bonds. The van der Waals surface area contributed by atoms with Crippen LogP contribution in [0.3, 0.4) is 0 Å². The van der Waals surface area contributed by atoms with Crippen LogP contribution in [0.4, 0.5) is 5.82 Å². The number of hydrogen-bond acceptors (Lipinski definition) is 2. The highest BCUT2D eigenvalue weighted by Gasteiger charge is 2.23. The molecule has 1 heterocycles. The van der Waals surface area contributed by atoms with Crippen LogP contribution in [0.2, 0.25) is 0 Å². The van der Waals surface area contributed by atoms with Gasteiger partial charge in [0.15, 0.2) is 0 Å². The second kappa shape index (κ2) is 4.80. The average Bonchev–Trinajstić information content (AvgIpc) is 2.67. The molecule has 17 heavy (non-hydrogen) atoms. The number of allylic oxidation sites excluding steroid dienone is 1. The molecule has 1 aromatic heterocycles. The SMILES string of the molecule is C=Cc1c(N(C)/C=C\C)[nH]c2c1CC(N)CC2. The fraction of sp³-hybridized carbons (Fsp3) is 0.429. The predicted octanol–water partition coefficient (Wildman–Crippen LogP) is 2.44. The molecule has 1 unspecified atom stereocenters. The Bertz CT molecular complexity index is 443. The van der Waals surface area contributed by atoms with Crippen molar-refractivity contribution in [3.63, 3.8) is 0 Å². The zero-order valence-corrected chi connectivity index (χ0v) is 10.7. The van der Waals surface area contributed by atoms with Gasteiger partial charge in [-0.2, -0.15) is 0 Å². The lowest BCUT2D eigenvalue weighted by Crippen LogP contribution is -2.27. The van der Waals surface area contributed by atoms with Gasteiger partial charge >= 0.3 is 0 Å². The second-order valence-corrected chi connectivity index (χ2v) is 4.64. The minimum Gasteiger partial charge on any atom is -0.344 e. The van der Waals surface area contributed by atoms with Gasteiger partial charge in [-0.05, 0) is 31.7 Å². The molecule has 0 fully saturated rings. The van der Waals surface area contributed by atoms with Crippen LogP contribution in [0.5, 0.6) is 0 Å².